The Morgan fingerprint density at radius 1 is 1.09 bits per heavy atom. The average Bonchev–Trinajstić information content (AvgIpc) is 2.51. The minimum absolute atomic E-state index is 0.451. The van der Waals surface area contributed by atoms with Crippen LogP contribution in [0.15, 0.2) is 18.2 Å². The SMILES string of the molecule is COc1cc(/C=C/C(=O)O[C@@H](C)C(N)=O)cc(OC)c1OC. The standard InChI is InChI=1S/C15H19NO6/c1-9(15(16)18)22-13(17)6-5-10-7-11(19-2)14(21-4)12(8-10)20-3/h5-9H,1-4H3,(H2,16,18)/b6-5+/t9-/m0/s1. The molecule has 1 rings (SSSR count). The molecule has 1 atom stereocenters. The fraction of sp³-hybridized carbons (Fsp3) is 0.333. The number of hydrogen-bond donors (Lipinski definition) is 1. The van der Waals surface area contributed by atoms with Gasteiger partial charge >= 0.3 is 5.97 Å². The van der Waals surface area contributed by atoms with Gasteiger partial charge in [0.25, 0.3) is 5.91 Å². The van der Waals surface area contributed by atoms with Crippen LogP contribution in [0.4, 0.5) is 0 Å². The molecule has 7 heteroatoms. The van der Waals surface area contributed by atoms with Crippen molar-refractivity contribution < 1.29 is 28.5 Å². The second-order valence-corrected chi connectivity index (χ2v) is 4.27. The van der Waals surface area contributed by atoms with Gasteiger partial charge in [0.2, 0.25) is 5.75 Å². The lowest BCUT2D eigenvalue weighted by Crippen LogP contribution is -2.29. The van der Waals surface area contributed by atoms with E-state index in [1.54, 1.807) is 12.1 Å². The molecule has 1 aromatic carbocycles. The topological polar surface area (TPSA) is 97.1 Å². The van der Waals surface area contributed by atoms with Gasteiger partial charge in [-0.1, -0.05) is 0 Å². The van der Waals surface area contributed by atoms with E-state index in [1.165, 1.54) is 40.4 Å². The summed E-state index contributed by atoms with van der Waals surface area (Å²) in [4.78, 5) is 22.4. The van der Waals surface area contributed by atoms with Gasteiger partial charge in [0.15, 0.2) is 17.6 Å². The number of rotatable bonds is 7. The monoisotopic (exact) mass is 309 g/mol. The smallest absolute Gasteiger partial charge is 0.331 e. The highest BCUT2D eigenvalue weighted by Gasteiger charge is 2.14. The van der Waals surface area contributed by atoms with E-state index in [2.05, 4.69) is 0 Å². The van der Waals surface area contributed by atoms with Crippen LogP contribution in [0.2, 0.25) is 0 Å². The molecule has 120 valence electrons. The number of hydrogen-bond acceptors (Lipinski definition) is 6. The van der Waals surface area contributed by atoms with Crippen molar-refractivity contribution in [1.29, 1.82) is 0 Å². The van der Waals surface area contributed by atoms with E-state index >= 15 is 0 Å². The Bertz CT molecular complexity index is 556. The first kappa shape index (κ1) is 17.4. The van der Waals surface area contributed by atoms with Gasteiger partial charge in [0.05, 0.1) is 21.3 Å². The summed E-state index contributed by atoms with van der Waals surface area (Å²) in [6.07, 6.45) is 1.69. The van der Waals surface area contributed by atoms with Crippen LogP contribution in [0, 0.1) is 0 Å². The van der Waals surface area contributed by atoms with E-state index in [0.29, 0.717) is 22.8 Å². The summed E-state index contributed by atoms with van der Waals surface area (Å²) >= 11 is 0. The molecule has 0 fully saturated rings. The van der Waals surface area contributed by atoms with Crippen molar-refractivity contribution >= 4 is 18.0 Å². The molecule has 0 aliphatic carbocycles. The van der Waals surface area contributed by atoms with Gasteiger partial charge in [0.1, 0.15) is 0 Å². The van der Waals surface area contributed by atoms with Gasteiger partial charge in [0, 0.05) is 6.08 Å². The maximum atomic E-state index is 11.6. The number of carbonyl (C=O) groups is 2. The highest BCUT2D eigenvalue weighted by atomic mass is 16.5. The van der Waals surface area contributed by atoms with Crippen LogP contribution in [0.3, 0.4) is 0 Å². The molecule has 22 heavy (non-hydrogen) atoms. The molecular weight excluding hydrogens is 290 g/mol. The summed E-state index contributed by atoms with van der Waals surface area (Å²) in [6, 6.07) is 3.34. The minimum atomic E-state index is -0.989. The number of esters is 1. The predicted molar refractivity (Wildman–Crippen MR) is 79.9 cm³/mol. The molecule has 1 aromatic rings. The molecule has 0 spiro atoms. The predicted octanol–water partition coefficient (Wildman–Crippen LogP) is 1.14. The second kappa shape index (κ2) is 7.92. The van der Waals surface area contributed by atoms with Gasteiger partial charge in [-0.15, -0.1) is 0 Å². The largest absolute Gasteiger partial charge is 0.493 e. The Morgan fingerprint density at radius 3 is 2.05 bits per heavy atom. The van der Waals surface area contributed by atoms with Crippen molar-refractivity contribution in [2.45, 2.75) is 13.0 Å². The van der Waals surface area contributed by atoms with Crippen LogP contribution in [0.1, 0.15) is 12.5 Å². The van der Waals surface area contributed by atoms with Crippen LogP contribution >= 0.6 is 0 Å². The summed E-state index contributed by atoms with van der Waals surface area (Å²) in [7, 11) is 4.49. The zero-order valence-corrected chi connectivity index (χ0v) is 12.9. The zero-order valence-electron chi connectivity index (χ0n) is 12.9. The molecule has 0 aliphatic heterocycles. The molecule has 2 N–H and O–H groups in total. The lowest BCUT2D eigenvalue weighted by Gasteiger charge is -2.12. The quantitative estimate of drug-likeness (QED) is 0.599. The summed E-state index contributed by atoms with van der Waals surface area (Å²) in [5.74, 6) is -0.0255. The van der Waals surface area contributed by atoms with Crippen LogP contribution < -0.4 is 19.9 Å². The fourth-order valence-electron chi connectivity index (χ4n) is 1.63. The molecule has 0 saturated carbocycles. The van der Waals surface area contributed by atoms with Gasteiger partial charge in [-0.05, 0) is 30.7 Å². The molecule has 0 aromatic heterocycles. The highest BCUT2D eigenvalue weighted by Crippen LogP contribution is 2.38. The van der Waals surface area contributed by atoms with Gasteiger partial charge in [-0.2, -0.15) is 0 Å². The zero-order chi connectivity index (χ0) is 16.7. The normalized spacial score (nSPS) is 11.8. The third-order valence-corrected chi connectivity index (χ3v) is 2.79. The van der Waals surface area contributed by atoms with Crippen molar-refractivity contribution in [3.8, 4) is 17.2 Å². The van der Waals surface area contributed by atoms with E-state index in [-0.39, 0.29) is 0 Å². The highest BCUT2D eigenvalue weighted by molar-refractivity contribution is 5.90. The number of carbonyl (C=O) groups excluding carboxylic acids is 2. The summed E-state index contributed by atoms with van der Waals surface area (Å²) in [5, 5.41) is 0. The first-order valence-corrected chi connectivity index (χ1v) is 6.41. The van der Waals surface area contributed by atoms with Crippen molar-refractivity contribution in [3.05, 3.63) is 23.8 Å². The van der Waals surface area contributed by atoms with Crippen molar-refractivity contribution in [2.75, 3.05) is 21.3 Å². The molecule has 7 nitrogen and oxygen atoms in total. The number of methoxy groups -OCH3 is 3. The average molecular weight is 309 g/mol. The van der Waals surface area contributed by atoms with E-state index in [0.717, 1.165) is 0 Å². The first-order valence-electron chi connectivity index (χ1n) is 6.41. The maximum Gasteiger partial charge on any atom is 0.331 e. The molecule has 0 radical (unpaired) electrons. The maximum absolute atomic E-state index is 11.6. The summed E-state index contributed by atoms with van der Waals surface area (Å²) in [5.41, 5.74) is 5.65. The molecule has 0 unspecified atom stereocenters. The third-order valence-electron chi connectivity index (χ3n) is 2.79. The number of primary amides is 1. The molecular formula is C15H19NO6. The lowest BCUT2D eigenvalue weighted by atomic mass is 10.1. The lowest BCUT2D eigenvalue weighted by molar-refractivity contribution is -0.148. The third kappa shape index (κ3) is 4.41. The number of ether oxygens (including phenoxy) is 4. The molecule has 0 aliphatic rings. The first-order chi connectivity index (χ1) is 10.4. The van der Waals surface area contributed by atoms with E-state index in [4.69, 9.17) is 24.7 Å². The van der Waals surface area contributed by atoms with Gasteiger partial charge in [-0.25, -0.2) is 4.79 Å². The van der Waals surface area contributed by atoms with Crippen molar-refractivity contribution in [3.63, 3.8) is 0 Å². The van der Waals surface area contributed by atoms with Gasteiger partial charge in [-0.3, -0.25) is 4.79 Å². The Morgan fingerprint density at radius 2 is 1.64 bits per heavy atom. The molecule has 1 amide bonds. The second-order valence-electron chi connectivity index (χ2n) is 4.27. The minimum Gasteiger partial charge on any atom is -0.493 e. The summed E-state index contributed by atoms with van der Waals surface area (Å²) < 4.78 is 20.4. The van der Waals surface area contributed by atoms with E-state index < -0.39 is 18.0 Å². The number of amides is 1. The van der Waals surface area contributed by atoms with Gasteiger partial charge < -0.3 is 24.7 Å². The number of nitrogens with two attached hydrogens (primary N) is 1. The Balaban J connectivity index is 2.96. The van der Waals surface area contributed by atoms with E-state index in [1.807, 2.05) is 0 Å². The molecule has 0 bridgehead atoms. The molecule has 0 saturated heterocycles. The number of benzene rings is 1. The van der Waals surface area contributed by atoms with Crippen molar-refractivity contribution in [1.82, 2.24) is 0 Å². The molecule has 0 heterocycles. The Kier molecular flexibility index (Phi) is 6.25. The van der Waals surface area contributed by atoms with Crippen LogP contribution in [0.5, 0.6) is 17.2 Å². The van der Waals surface area contributed by atoms with Crippen LogP contribution in [0.25, 0.3) is 6.08 Å². The Labute approximate surface area is 128 Å². The van der Waals surface area contributed by atoms with Crippen LogP contribution in [-0.2, 0) is 14.3 Å². The van der Waals surface area contributed by atoms with Crippen molar-refractivity contribution in [2.24, 2.45) is 5.73 Å². The Hall–Kier alpha value is -2.70. The summed E-state index contributed by atoms with van der Waals surface area (Å²) in [6.45, 7) is 1.40. The van der Waals surface area contributed by atoms with E-state index in [9.17, 15) is 9.59 Å². The fourth-order valence-corrected chi connectivity index (χ4v) is 1.63. The van der Waals surface area contributed by atoms with Crippen LogP contribution in [-0.4, -0.2) is 39.3 Å².